The van der Waals surface area contributed by atoms with Crippen LogP contribution in [-0.4, -0.2) is 50.7 Å². The summed E-state index contributed by atoms with van der Waals surface area (Å²) in [6, 6.07) is 20.2. The molecule has 0 saturated heterocycles. The van der Waals surface area contributed by atoms with Gasteiger partial charge in [0, 0.05) is 0 Å². The summed E-state index contributed by atoms with van der Waals surface area (Å²) in [5.41, 5.74) is 2.06. The lowest BCUT2D eigenvalue weighted by molar-refractivity contribution is -0.193. The highest BCUT2D eigenvalue weighted by molar-refractivity contribution is 5.80. The van der Waals surface area contributed by atoms with Crippen molar-refractivity contribution in [3.8, 4) is 0 Å². The molecule has 0 bridgehead atoms. The monoisotopic (exact) mass is 584 g/mol. The van der Waals surface area contributed by atoms with Gasteiger partial charge in [-0.1, -0.05) is 67.6 Å². The van der Waals surface area contributed by atoms with Gasteiger partial charge < -0.3 is 18.9 Å². The molecule has 0 radical (unpaired) electrons. The average Bonchev–Trinajstić information content (AvgIpc) is 3.91. The number of rotatable bonds is 13. The van der Waals surface area contributed by atoms with Crippen molar-refractivity contribution in [2.24, 2.45) is 23.2 Å². The highest BCUT2D eigenvalue weighted by Gasteiger charge is 2.59. The van der Waals surface area contributed by atoms with Gasteiger partial charge in [0.15, 0.2) is 0 Å². The van der Waals surface area contributed by atoms with Crippen LogP contribution in [0.15, 0.2) is 60.7 Å². The number of carbonyl (C=O) groups excluding carboxylic acids is 6. The van der Waals surface area contributed by atoms with Crippen LogP contribution in [-0.2, 0) is 60.9 Å². The van der Waals surface area contributed by atoms with Crippen molar-refractivity contribution in [1.29, 1.82) is 0 Å². The maximum atomic E-state index is 11.9. The standard InChI is InChI=1S/C16H22O3.C14H18O3.2CO2/c1-3-16(15(17)19-4-2)10-14(16)12-18-11-13-8-6-5-7-9-13;1-2-17-14(15)13-8-12(13)10-16-9-11-6-4-3-5-7-11;2*2-1-3/h5-9,14H,3-4,10-12H2,1-2H3;3-7,12-13H,2,8-10H2,1H3;;/t14-,16-;12-,13-;;/m00../s1. The zero-order valence-electron chi connectivity index (χ0n) is 24.5. The van der Waals surface area contributed by atoms with Crippen LogP contribution in [0.5, 0.6) is 0 Å². The van der Waals surface area contributed by atoms with E-state index in [-0.39, 0.29) is 35.6 Å². The number of esters is 2. The fraction of sp³-hybridized carbons (Fsp3) is 0.500. The molecule has 0 spiro atoms. The summed E-state index contributed by atoms with van der Waals surface area (Å²) < 4.78 is 21.4. The van der Waals surface area contributed by atoms with E-state index < -0.39 is 0 Å². The van der Waals surface area contributed by atoms with Gasteiger partial charge in [0.2, 0.25) is 0 Å². The Kier molecular flexibility index (Phi) is 17.9. The summed E-state index contributed by atoms with van der Waals surface area (Å²) in [4.78, 5) is 55.8. The third-order valence-electron chi connectivity index (χ3n) is 6.93. The Balaban J connectivity index is 0.000000355. The first-order chi connectivity index (χ1) is 20.4. The Morgan fingerprint density at radius 3 is 1.69 bits per heavy atom. The summed E-state index contributed by atoms with van der Waals surface area (Å²) in [7, 11) is 0. The fourth-order valence-electron chi connectivity index (χ4n) is 4.47. The second kappa shape index (κ2) is 20.9. The minimum atomic E-state index is -0.271. The van der Waals surface area contributed by atoms with Gasteiger partial charge in [-0.25, -0.2) is 0 Å². The SMILES string of the molecule is CCOC(=O)[C@@]1(CC)C[C@H]1COCc1ccccc1.CCOC(=O)[C@H]1C[C@H]1COCc1ccccc1.O=C=O.O=C=O. The quantitative estimate of drug-likeness (QED) is 0.311. The number of ether oxygens (including phenoxy) is 4. The van der Waals surface area contributed by atoms with Crippen LogP contribution in [0.3, 0.4) is 0 Å². The highest BCUT2D eigenvalue weighted by atomic mass is 16.5. The van der Waals surface area contributed by atoms with Crippen molar-refractivity contribution in [1.82, 2.24) is 0 Å². The molecule has 228 valence electrons. The van der Waals surface area contributed by atoms with E-state index in [1.54, 1.807) is 0 Å². The minimum Gasteiger partial charge on any atom is -0.466 e. The topological polar surface area (TPSA) is 139 Å². The Labute approximate surface area is 246 Å². The summed E-state index contributed by atoms with van der Waals surface area (Å²) in [6.07, 6.45) is 3.15. The first-order valence-electron chi connectivity index (χ1n) is 13.9. The van der Waals surface area contributed by atoms with Crippen molar-refractivity contribution in [2.45, 2.75) is 53.2 Å². The van der Waals surface area contributed by atoms with Gasteiger partial charge in [0.25, 0.3) is 0 Å². The van der Waals surface area contributed by atoms with Gasteiger partial charge in [-0.3, -0.25) is 9.59 Å². The van der Waals surface area contributed by atoms with Gasteiger partial charge >= 0.3 is 24.2 Å². The number of benzene rings is 2. The molecule has 0 heterocycles. The molecule has 2 fully saturated rings. The maximum absolute atomic E-state index is 11.9. The molecule has 10 heteroatoms. The molecular formula is C32H40O10. The van der Waals surface area contributed by atoms with E-state index in [0.29, 0.717) is 51.5 Å². The van der Waals surface area contributed by atoms with Gasteiger partial charge in [0.1, 0.15) is 0 Å². The smallest absolute Gasteiger partial charge is 0.373 e. The molecule has 2 saturated carbocycles. The van der Waals surface area contributed by atoms with Crippen LogP contribution in [0.1, 0.15) is 51.2 Å². The number of hydrogen-bond acceptors (Lipinski definition) is 10. The van der Waals surface area contributed by atoms with Crippen LogP contribution in [0.4, 0.5) is 0 Å². The third kappa shape index (κ3) is 13.1. The lowest BCUT2D eigenvalue weighted by Crippen LogP contribution is -2.22. The van der Waals surface area contributed by atoms with Crippen LogP contribution in [0.25, 0.3) is 0 Å². The predicted octanol–water partition coefficient (Wildman–Crippen LogP) is 4.42. The molecule has 0 aliphatic heterocycles. The average molecular weight is 585 g/mol. The van der Waals surface area contributed by atoms with Crippen molar-refractivity contribution in [3.63, 3.8) is 0 Å². The Morgan fingerprint density at radius 1 is 0.762 bits per heavy atom. The highest BCUT2D eigenvalue weighted by Crippen LogP contribution is 2.56. The van der Waals surface area contributed by atoms with Crippen LogP contribution >= 0.6 is 0 Å². The van der Waals surface area contributed by atoms with Crippen molar-refractivity contribution in [2.75, 3.05) is 26.4 Å². The molecule has 0 amide bonds. The molecule has 10 nitrogen and oxygen atoms in total. The molecule has 0 N–H and O–H groups in total. The van der Waals surface area contributed by atoms with E-state index in [1.807, 2.05) is 81.4 Å². The van der Waals surface area contributed by atoms with Gasteiger partial charge in [-0.15, -0.1) is 0 Å². The van der Waals surface area contributed by atoms with Gasteiger partial charge in [-0.2, -0.15) is 19.2 Å². The fourth-order valence-corrected chi connectivity index (χ4v) is 4.47. The van der Waals surface area contributed by atoms with Gasteiger partial charge in [-0.05, 0) is 56.1 Å². The number of hydrogen-bond donors (Lipinski definition) is 0. The molecule has 42 heavy (non-hydrogen) atoms. The molecule has 2 aliphatic carbocycles. The van der Waals surface area contributed by atoms with Crippen LogP contribution in [0.2, 0.25) is 0 Å². The third-order valence-corrected chi connectivity index (χ3v) is 6.93. The predicted molar refractivity (Wildman–Crippen MR) is 148 cm³/mol. The van der Waals surface area contributed by atoms with E-state index in [0.717, 1.165) is 19.3 Å². The zero-order chi connectivity index (χ0) is 31.2. The summed E-state index contributed by atoms with van der Waals surface area (Å²) in [5, 5.41) is 0. The maximum Gasteiger partial charge on any atom is 0.373 e. The first kappa shape index (κ1) is 36.1. The second-order valence-electron chi connectivity index (χ2n) is 9.65. The molecular weight excluding hydrogens is 544 g/mol. The van der Waals surface area contributed by atoms with Crippen LogP contribution < -0.4 is 0 Å². The van der Waals surface area contributed by atoms with E-state index in [1.165, 1.54) is 11.1 Å². The van der Waals surface area contributed by atoms with Crippen LogP contribution in [0, 0.1) is 23.2 Å². The number of carbonyl (C=O) groups is 2. The lowest BCUT2D eigenvalue weighted by Gasteiger charge is -2.13. The lowest BCUT2D eigenvalue weighted by atomic mass is 10.0. The van der Waals surface area contributed by atoms with E-state index in [9.17, 15) is 9.59 Å². The second-order valence-corrected chi connectivity index (χ2v) is 9.65. The molecule has 4 rings (SSSR count). The molecule has 0 aromatic heterocycles. The minimum absolute atomic E-state index is 0.0502. The molecule has 0 unspecified atom stereocenters. The van der Waals surface area contributed by atoms with Crippen molar-refractivity contribution < 1.29 is 47.7 Å². The molecule has 4 atom stereocenters. The molecule has 2 aliphatic rings. The Morgan fingerprint density at radius 2 is 1.24 bits per heavy atom. The van der Waals surface area contributed by atoms with E-state index >= 15 is 0 Å². The molecule has 2 aromatic rings. The largest absolute Gasteiger partial charge is 0.466 e. The summed E-state index contributed by atoms with van der Waals surface area (Å²) >= 11 is 0. The Hall–Kier alpha value is -3.94. The van der Waals surface area contributed by atoms with Crippen molar-refractivity contribution in [3.05, 3.63) is 71.8 Å². The normalized spacial score (nSPS) is 20.7. The first-order valence-corrected chi connectivity index (χ1v) is 13.9. The summed E-state index contributed by atoms with van der Waals surface area (Å²) in [5.74, 6) is 0.635. The van der Waals surface area contributed by atoms with Crippen molar-refractivity contribution >= 4 is 24.2 Å². The van der Waals surface area contributed by atoms with Gasteiger partial charge in [0.05, 0.1) is 51.0 Å². The van der Waals surface area contributed by atoms with E-state index in [2.05, 4.69) is 0 Å². The zero-order valence-corrected chi connectivity index (χ0v) is 24.5. The Bertz CT molecular complexity index is 1100. The summed E-state index contributed by atoms with van der Waals surface area (Å²) in [6.45, 7) is 9.18. The van der Waals surface area contributed by atoms with E-state index in [4.69, 9.17) is 38.1 Å². The molecule has 2 aromatic carbocycles.